The monoisotopic (exact) mass is 419 g/mol. The number of hydrogen-bond donors (Lipinski definition) is 1. The number of nitrogens with zero attached hydrogens (tertiary/aromatic N) is 2. The van der Waals surface area contributed by atoms with Crippen molar-refractivity contribution in [2.24, 2.45) is 0 Å². The van der Waals surface area contributed by atoms with E-state index in [1.54, 1.807) is 7.05 Å². The van der Waals surface area contributed by atoms with E-state index in [-0.39, 0.29) is 10.6 Å². The molecular formula is C19H18ClN3O6. The largest absolute Gasteiger partial charge is 0.454 e. The van der Waals surface area contributed by atoms with Crippen LogP contribution in [0.5, 0.6) is 0 Å². The molecule has 0 aromatic heterocycles. The smallest absolute Gasteiger partial charge is 0.325 e. The summed E-state index contributed by atoms with van der Waals surface area (Å²) in [4.78, 5) is 47.4. The summed E-state index contributed by atoms with van der Waals surface area (Å²) in [6, 6.07) is 12.8. The molecule has 0 aliphatic carbocycles. The third-order valence-electron chi connectivity index (χ3n) is 3.84. The van der Waals surface area contributed by atoms with Crippen molar-refractivity contribution in [1.29, 1.82) is 0 Å². The zero-order valence-corrected chi connectivity index (χ0v) is 16.2. The number of rotatable bonds is 8. The zero-order valence-electron chi connectivity index (χ0n) is 15.5. The number of halogens is 1. The highest BCUT2D eigenvalue weighted by Gasteiger charge is 2.17. The van der Waals surface area contributed by atoms with Crippen molar-refractivity contribution in [2.75, 3.05) is 20.2 Å². The van der Waals surface area contributed by atoms with Crippen molar-refractivity contribution in [3.05, 3.63) is 74.8 Å². The summed E-state index contributed by atoms with van der Waals surface area (Å²) >= 11 is 5.69. The third kappa shape index (κ3) is 6.58. The van der Waals surface area contributed by atoms with Gasteiger partial charge >= 0.3 is 5.97 Å². The maximum atomic E-state index is 12.0. The molecule has 152 valence electrons. The number of carbonyl (C=O) groups excluding carboxylic acids is 3. The van der Waals surface area contributed by atoms with Crippen molar-refractivity contribution in [1.82, 2.24) is 10.2 Å². The van der Waals surface area contributed by atoms with Gasteiger partial charge in [-0.3, -0.25) is 24.5 Å². The fourth-order valence-electron chi connectivity index (χ4n) is 2.30. The number of nitro groups is 1. The van der Waals surface area contributed by atoms with Crippen molar-refractivity contribution < 1.29 is 24.0 Å². The quantitative estimate of drug-likeness (QED) is 0.398. The molecule has 0 fully saturated rings. The van der Waals surface area contributed by atoms with Gasteiger partial charge in [0.2, 0.25) is 0 Å². The molecule has 0 radical (unpaired) electrons. The molecule has 2 rings (SSSR count). The summed E-state index contributed by atoms with van der Waals surface area (Å²) in [5.41, 5.74) is 0.473. The van der Waals surface area contributed by atoms with Crippen LogP contribution in [0, 0.1) is 10.1 Å². The Labute approximate surface area is 171 Å². The number of ether oxygens (including phenoxy) is 1. The number of amides is 2. The maximum absolute atomic E-state index is 12.0. The van der Waals surface area contributed by atoms with E-state index in [0.29, 0.717) is 6.54 Å². The van der Waals surface area contributed by atoms with Crippen LogP contribution < -0.4 is 5.32 Å². The van der Waals surface area contributed by atoms with Gasteiger partial charge in [0.25, 0.3) is 17.5 Å². The van der Waals surface area contributed by atoms with Gasteiger partial charge < -0.3 is 15.0 Å². The van der Waals surface area contributed by atoms with Crippen LogP contribution in [0.2, 0.25) is 5.02 Å². The van der Waals surface area contributed by atoms with Crippen LogP contribution in [-0.4, -0.2) is 47.8 Å². The molecule has 2 aromatic rings. The van der Waals surface area contributed by atoms with E-state index >= 15 is 0 Å². The van der Waals surface area contributed by atoms with E-state index in [2.05, 4.69) is 5.32 Å². The topological polar surface area (TPSA) is 119 Å². The Morgan fingerprint density at radius 1 is 1.17 bits per heavy atom. The maximum Gasteiger partial charge on any atom is 0.325 e. The van der Waals surface area contributed by atoms with Crippen LogP contribution >= 0.6 is 11.6 Å². The van der Waals surface area contributed by atoms with Gasteiger partial charge in [-0.1, -0.05) is 41.9 Å². The fraction of sp³-hybridized carbons (Fsp3) is 0.211. The Morgan fingerprint density at radius 2 is 1.86 bits per heavy atom. The number of esters is 1. The molecule has 0 spiro atoms. The Balaban J connectivity index is 1.79. The van der Waals surface area contributed by atoms with Crippen LogP contribution in [0.4, 0.5) is 5.69 Å². The number of likely N-dealkylation sites (N-methyl/N-ethyl adjacent to an activating group) is 1. The van der Waals surface area contributed by atoms with E-state index in [4.69, 9.17) is 16.3 Å². The summed E-state index contributed by atoms with van der Waals surface area (Å²) in [5, 5.41) is 13.0. The van der Waals surface area contributed by atoms with Gasteiger partial charge in [0, 0.05) is 25.2 Å². The predicted octanol–water partition coefficient (Wildman–Crippen LogP) is 2.18. The second-order valence-electron chi connectivity index (χ2n) is 6.00. The normalized spacial score (nSPS) is 10.1. The standard InChI is InChI=1S/C19H18ClN3O6/c1-22(11-13-5-3-2-4-6-13)17(24)12-29-18(25)10-21-19(26)14-7-8-15(20)16(9-14)23(27)28/h2-9H,10-12H2,1H3,(H,21,26). The number of hydrogen-bond acceptors (Lipinski definition) is 6. The molecular weight excluding hydrogens is 402 g/mol. The molecule has 0 unspecified atom stereocenters. The summed E-state index contributed by atoms with van der Waals surface area (Å²) in [5.74, 6) is -1.93. The summed E-state index contributed by atoms with van der Waals surface area (Å²) < 4.78 is 4.86. The van der Waals surface area contributed by atoms with Crippen molar-refractivity contribution in [3.8, 4) is 0 Å². The van der Waals surface area contributed by atoms with Gasteiger partial charge in [-0.25, -0.2) is 0 Å². The number of nitro benzene ring substituents is 1. The van der Waals surface area contributed by atoms with Gasteiger partial charge in [-0.05, 0) is 17.7 Å². The van der Waals surface area contributed by atoms with Gasteiger partial charge in [0.15, 0.2) is 6.61 Å². The van der Waals surface area contributed by atoms with Crippen LogP contribution in [-0.2, 0) is 20.9 Å². The van der Waals surface area contributed by atoms with Gasteiger partial charge in [0.05, 0.1) is 4.92 Å². The average Bonchev–Trinajstić information content (AvgIpc) is 2.70. The summed E-state index contributed by atoms with van der Waals surface area (Å²) in [6.45, 7) is -0.599. The minimum atomic E-state index is -0.816. The van der Waals surface area contributed by atoms with Crippen LogP contribution in [0.15, 0.2) is 48.5 Å². The van der Waals surface area contributed by atoms with E-state index in [1.807, 2.05) is 30.3 Å². The highest BCUT2D eigenvalue weighted by atomic mass is 35.5. The summed E-state index contributed by atoms with van der Waals surface area (Å²) in [6.07, 6.45) is 0. The van der Waals surface area contributed by atoms with Crippen molar-refractivity contribution in [3.63, 3.8) is 0 Å². The lowest BCUT2D eigenvalue weighted by Crippen LogP contribution is -2.34. The molecule has 10 heteroatoms. The Kier molecular flexibility index (Phi) is 7.67. The Hall–Kier alpha value is -3.46. The Morgan fingerprint density at radius 3 is 2.52 bits per heavy atom. The first kappa shape index (κ1) is 21.8. The molecule has 2 amide bonds. The van der Waals surface area contributed by atoms with Crippen molar-refractivity contribution in [2.45, 2.75) is 6.54 Å². The van der Waals surface area contributed by atoms with E-state index < -0.39 is 41.5 Å². The second-order valence-corrected chi connectivity index (χ2v) is 6.41. The molecule has 0 heterocycles. The molecule has 29 heavy (non-hydrogen) atoms. The predicted molar refractivity (Wildman–Crippen MR) is 104 cm³/mol. The number of carbonyl (C=O) groups is 3. The molecule has 0 bridgehead atoms. The second kappa shape index (κ2) is 10.2. The van der Waals surface area contributed by atoms with Crippen LogP contribution in [0.25, 0.3) is 0 Å². The minimum absolute atomic E-state index is 0.0347. The lowest BCUT2D eigenvalue weighted by Gasteiger charge is -2.17. The molecule has 0 saturated carbocycles. The molecule has 0 aliphatic heterocycles. The minimum Gasteiger partial charge on any atom is -0.454 e. The average molecular weight is 420 g/mol. The van der Waals surface area contributed by atoms with Crippen LogP contribution in [0.3, 0.4) is 0 Å². The first-order chi connectivity index (χ1) is 13.8. The lowest BCUT2D eigenvalue weighted by atomic mass is 10.2. The fourth-order valence-corrected chi connectivity index (χ4v) is 2.48. The summed E-state index contributed by atoms with van der Waals surface area (Å²) in [7, 11) is 1.58. The van der Waals surface area contributed by atoms with Gasteiger partial charge in [0.1, 0.15) is 11.6 Å². The molecule has 1 N–H and O–H groups in total. The Bertz CT molecular complexity index is 919. The molecule has 2 aromatic carbocycles. The number of nitrogens with one attached hydrogen (secondary N) is 1. The molecule has 0 aliphatic rings. The lowest BCUT2D eigenvalue weighted by molar-refractivity contribution is -0.384. The highest BCUT2D eigenvalue weighted by Crippen LogP contribution is 2.24. The van der Waals surface area contributed by atoms with Gasteiger partial charge in [-0.15, -0.1) is 0 Å². The van der Waals surface area contributed by atoms with Gasteiger partial charge in [-0.2, -0.15) is 0 Å². The first-order valence-corrected chi connectivity index (χ1v) is 8.81. The first-order valence-electron chi connectivity index (χ1n) is 8.43. The van der Waals surface area contributed by atoms with Crippen LogP contribution in [0.1, 0.15) is 15.9 Å². The van der Waals surface area contributed by atoms with Crippen molar-refractivity contribution >= 4 is 35.1 Å². The third-order valence-corrected chi connectivity index (χ3v) is 4.16. The van der Waals surface area contributed by atoms with E-state index in [1.165, 1.54) is 17.0 Å². The molecule has 9 nitrogen and oxygen atoms in total. The SMILES string of the molecule is CN(Cc1ccccc1)C(=O)COC(=O)CNC(=O)c1ccc(Cl)c([N+](=O)[O-])c1. The zero-order chi connectivity index (χ0) is 21.4. The molecule has 0 atom stereocenters. The van der Waals surface area contributed by atoms with E-state index in [9.17, 15) is 24.5 Å². The highest BCUT2D eigenvalue weighted by molar-refractivity contribution is 6.32. The van der Waals surface area contributed by atoms with E-state index in [0.717, 1.165) is 11.6 Å². The molecule has 0 saturated heterocycles. The number of benzene rings is 2.